The maximum atomic E-state index is 5.74. The third-order valence-electron chi connectivity index (χ3n) is 2.67. The van der Waals surface area contributed by atoms with Gasteiger partial charge in [-0.1, -0.05) is 26.8 Å². The Bertz CT molecular complexity index is 391. The average Bonchev–Trinajstić information content (AvgIpc) is 2.27. The molecule has 0 aliphatic carbocycles. The average molecular weight is 233 g/mol. The van der Waals surface area contributed by atoms with E-state index in [1.807, 2.05) is 19.2 Å². The van der Waals surface area contributed by atoms with E-state index in [0.29, 0.717) is 6.54 Å². The Labute approximate surface area is 104 Å². The van der Waals surface area contributed by atoms with E-state index in [9.17, 15) is 0 Å². The van der Waals surface area contributed by atoms with E-state index in [2.05, 4.69) is 38.3 Å². The molecular formula is C14H23N3. The van der Waals surface area contributed by atoms with Crippen LogP contribution in [0.4, 0.5) is 5.82 Å². The van der Waals surface area contributed by atoms with Crippen molar-refractivity contribution < 1.29 is 0 Å². The molecule has 1 aromatic heterocycles. The third-order valence-corrected chi connectivity index (χ3v) is 2.67. The fourth-order valence-corrected chi connectivity index (χ4v) is 1.56. The van der Waals surface area contributed by atoms with Crippen LogP contribution in [0.25, 0.3) is 0 Å². The molecule has 3 nitrogen and oxygen atoms in total. The van der Waals surface area contributed by atoms with Gasteiger partial charge in [-0.25, -0.2) is 4.98 Å². The molecule has 0 fully saturated rings. The van der Waals surface area contributed by atoms with Crippen LogP contribution in [0.15, 0.2) is 24.8 Å². The van der Waals surface area contributed by atoms with E-state index in [0.717, 1.165) is 23.6 Å². The van der Waals surface area contributed by atoms with Crippen LogP contribution in [-0.4, -0.2) is 18.6 Å². The summed E-state index contributed by atoms with van der Waals surface area (Å²) in [4.78, 5) is 6.76. The minimum atomic E-state index is 0.0367. The van der Waals surface area contributed by atoms with Gasteiger partial charge < -0.3 is 10.6 Å². The summed E-state index contributed by atoms with van der Waals surface area (Å²) < 4.78 is 0. The maximum absolute atomic E-state index is 5.74. The zero-order valence-corrected chi connectivity index (χ0v) is 11.3. The van der Waals surface area contributed by atoms with Gasteiger partial charge in [0.1, 0.15) is 5.82 Å². The minimum Gasteiger partial charge on any atom is -0.356 e. The molecule has 0 aromatic carbocycles. The van der Waals surface area contributed by atoms with Gasteiger partial charge in [0, 0.05) is 31.2 Å². The van der Waals surface area contributed by atoms with E-state index in [1.54, 1.807) is 0 Å². The van der Waals surface area contributed by atoms with Crippen LogP contribution < -0.4 is 10.6 Å². The van der Waals surface area contributed by atoms with E-state index in [-0.39, 0.29) is 5.41 Å². The number of rotatable bonds is 4. The largest absolute Gasteiger partial charge is 0.356 e. The number of anilines is 1. The molecule has 2 N–H and O–H groups in total. The Hall–Kier alpha value is -1.35. The summed E-state index contributed by atoms with van der Waals surface area (Å²) >= 11 is 0. The molecule has 0 aliphatic heterocycles. The van der Waals surface area contributed by atoms with Gasteiger partial charge in [0.25, 0.3) is 0 Å². The summed E-state index contributed by atoms with van der Waals surface area (Å²) in [5, 5.41) is 0. The second-order valence-corrected chi connectivity index (χ2v) is 5.34. The number of hydrogen-bond donors (Lipinski definition) is 1. The second kappa shape index (κ2) is 5.32. The Morgan fingerprint density at radius 3 is 2.53 bits per heavy atom. The fraction of sp³-hybridized carbons (Fsp3) is 0.500. The summed E-state index contributed by atoms with van der Waals surface area (Å²) in [6.07, 6.45) is 1.87. The highest BCUT2D eigenvalue weighted by Crippen LogP contribution is 2.24. The number of aromatic nitrogens is 1. The first-order valence-electron chi connectivity index (χ1n) is 5.92. The molecule has 0 spiro atoms. The lowest BCUT2D eigenvalue weighted by molar-refractivity contribution is 0.567. The second-order valence-electron chi connectivity index (χ2n) is 5.34. The molecule has 1 heterocycles. The molecule has 3 heteroatoms. The van der Waals surface area contributed by atoms with Gasteiger partial charge in [0.05, 0.1) is 0 Å². The first-order chi connectivity index (χ1) is 7.88. The van der Waals surface area contributed by atoms with Crippen LogP contribution in [0.5, 0.6) is 0 Å². The Kier molecular flexibility index (Phi) is 4.29. The Morgan fingerprint density at radius 1 is 1.41 bits per heavy atom. The van der Waals surface area contributed by atoms with Crippen LogP contribution in [-0.2, 0) is 12.0 Å². The van der Waals surface area contributed by atoms with Gasteiger partial charge >= 0.3 is 0 Å². The van der Waals surface area contributed by atoms with Crippen LogP contribution in [0.1, 0.15) is 32.0 Å². The molecule has 1 rings (SSSR count). The molecule has 0 saturated heterocycles. The van der Waals surface area contributed by atoms with E-state index < -0.39 is 0 Å². The lowest BCUT2D eigenvalue weighted by Crippen LogP contribution is -2.22. The predicted molar refractivity (Wildman–Crippen MR) is 74.3 cm³/mol. The van der Waals surface area contributed by atoms with Crippen LogP contribution in [0.3, 0.4) is 0 Å². The van der Waals surface area contributed by atoms with E-state index in [1.165, 1.54) is 0 Å². The molecule has 0 atom stereocenters. The number of nitrogens with two attached hydrogens (primary N) is 1. The van der Waals surface area contributed by atoms with Gasteiger partial charge in [-0.2, -0.15) is 0 Å². The van der Waals surface area contributed by atoms with Crippen molar-refractivity contribution in [2.45, 2.75) is 32.7 Å². The molecule has 17 heavy (non-hydrogen) atoms. The summed E-state index contributed by atoms with van der Waals surface area (Å²) in [5.74, 6) is 0.956. The number of nitrogens with zero attached hydrogens (tertiary/aromatic N) is 2. The van der Waals surface area contributed by atoms with Crippen molar-refractivity contribution in [3.05, 3.63) is 36.0 Å². The highest BCUT2D eigenvalue weighted by molar-refractivity contribution is 5.43. The van der Waals surface area contributed by atoms with E-state index >= 15 is 0 Å². The fourth-order valence-electron chi connectivity index (χ4n) is 1.56. The highest BCUT2D eigenvalue weighted by atomic mass is 15.2. The standard InChI is InChI=1S/C14H23N3/c1-6-7-17(5)13-9-11(10-15)8-12(16-13)14(2,3)4/h6,8-9H,1,7,10,15H2,2-5H3. The number of hydrogen-bond acceptors (Lipinski definition) is 3. The maximum Gasteiger partial charge on any atom is 0.129 e. The summed E-state index contributed by atoms with van der Waals surface area (Å²) in [6.45, 7) is 11.5. The molecule has 0 saturated carbocycles. The molecule has 0 radical (unpaired) electrons. The first-order valence-corrected chi connectivity index (χ1v) is 5.92. The Balaban J connectivity index is 3.18. The number of likely N-dealkylation sites (N-methyl/N-ethyl adjacent to an activating group) is 1. The van der Waals surface area contributed by atoms with Gasteiger partial charge in [-0.15, -0.1) is 6.58 Å². The predicted octanol–water partition coefficient (Wildman–Crippen LogP) is 2.46. The molecule has 1 aromatic rings. The summed E-state index contributed by atoms with van der Waals surface area (Å²) in [7, 11) is 2.01. The zero-order valence-electron chi connectivity index (χ0n) is 11.3. The van der Waals surface area contributed by atoms with Crippen molar-refractivity contribution in [3.63, 3.8) is 0 Å². The summed E-state index contributed by atoms with van der Waals surface area (Å²) in [5.41, 5.74) is 7.97. The van der Waals surface area contributed by atoms with Gasteiger partial charge in [-0.05, 0) is 17.7 Å². The smallest absolute Gasteiger partial charge is 0.129 e. The molecule has 0 amide bonds. The lowest BCUT2D eigenvalue weighted by Gasteiger charge is -2.23. The highest BCUT2D eigenvalue weighted by Gasteiger charge is 2.17. The van der Waals surface area contributed by atoms with Crippen molar-refractivity contribution in [3.8, 4) is 0 Å². The normalized spacial score (nSPS) is 11.4. The molecular weight excluding hydrogens is 210 g/mol. The van der Waals surface area contributed by atoms with Crippen LogP contribution in [0.2, 0.25) is 0 Å². The molecule has 0 aliphatic rings. The lowest BCUT2D eigenvalue weighted by atomic mass is 9.90. The number of pyridine rings is 1. The van der Waals surface area contributed by atoms with Crippen LogP contribution in [0, 0.1) is 0 Å². The minimum absolute atomic E-state index is 0.0367. The van der Waals surface area contributed by atoms with Crippen molar-refractivity contribution in [1.29, 1.82) is 0 Å². The van der Waals surface area contributed by atoms with Crippen molar-refractivity contribution in [2.24, 2.45) is 5.73 Å². The SMILES string of the molecule is C=CCN(C)c1cc(CN)cc(C(C)(C)C)n1. The quantitative estimate of drug-likeness (QED) is 0.812. The van der Waals surface area contributed by atoms with E-state index in [4.69, 9.17) is 10.7 Å². The zero-order chi connectivity index (χ0) is 13.1. The molecule has 0 unspecified atom stereocenters. The van der Waals surface area contributed by atoms with Crippen molar-refractivity contribution in [2.75, 3.05) is 18.5 Å². The first kappa shape index (κ1) is 13.7. The molecule has 0 bridgehead atoms. The Morgan fingerprint density at radius 2 is 2.06 bits per heavy atom. The summed E-state index contributed by atoms with van der Waals surface area (Å²) in [6, 6.07) is 4.13. The van der Waals surface area contributed by atoms with Gasteiger partial charge in [0.2, 0.25) is 0 Å². The third kappa shape index (κ3) is 3.56. The molecule has 94 valence electrons. The topological polar surface area (TPSA) is 42.1 Å². The van der Waals surface area contributed by atoms with Crippen molar-refractivity contribution >= 4 is 5.82 Å². The van der Waals surface area contributed by atoms with Crippen LogP contribution >= 0.6 is 0 Å². The van der Waals surface area contributed by atoms with Crippen molar-refractivity contribution in [1.82, 2.24) is 4.98 Å². The monoisotopic (exact) mass is 233 g/mol. The van der Waals surface area contributed by atoms with Gasteiger partial charge in [0.15, 0.2) is 0 Å². The van der Waals surface area contributed by atoms with Gasteiger partial charge in [-0.3, -0.25) is 0 Å².